The van der Waals surface area contributed by atoms with Crippen LogP contribution in [0.2, 0.25) is 0 Å². The molecular formula is C11H18N2O. The highest BCUT2D eigenvalue weighted by Crippen LogP contribution is 2.44. The third-order valence-corrected chi connectivity index (χ3v) is 3.47. The van der Waals surface area contributed by atoms with E-state index in [0.29, 0.717) is 12.1 Å². The first-order valence-electron chi connectivity index (χ1n) is 5.90. The van der Waals surface area contributed by atoms with Crippen molar-refractivity contribution in [3.05, 3.63) is 0 Å². The molecule has 3 aliphatic carbocycles. The fourth-order valence-electron chi connectivity index (χ4n) is 2.14. The Morgan fingerprint density at radius 2 is 1.57 bits per heavy atom. The Labute approximate surface area is 84.6 Å². The van der Waals surface area contributed by atoms with Gasteiger partial charge in [0.05, 0.1) is 0 Å². The molecule has 0 heterocycles. The smallest absolute Gasteiger partial charge is 0.315 e. The Morgan fingerprint density at radius 1 is 1.00 bits per heavy atom. The number of rotatable bonds is 4. The summed E-state index contributed by atoms with van der Waals surface area (Å²) in [6.07, 6.45) is 7.64. The van der Waals surface area contributed by atoms with Crippen molar-refractivity contribution in [2.45, 2.75) is 50.6 Å². The molecule has 0 aromatic carbocycles. The highest BCUT2D eigenvalue weighted by Gasteiger charge is 2.42. The van der Waals surface area contributed by atoms with Gasteiger partial charge in [0.25, 0.3) is 0 Å². The lowest BCUT2D eigenvalue weighted by atomic mass is 10.1. The zero-order valence-corrected chi connectivity index (χ0v) is 8.46. The van der Waals surface area contributed by atoms with E-state index in [9.17, 15) is 4.79 Å². The molecule has 0 spiro atoms. The lowest BCUT2D eigenvalue weighted by Gasteiger charge is -2.17. The molecule has 0 saturated heterocycles. The van der Waals surface area contributed by atoms with E-state index in [4.69, 9.17) is 0 Å². The van der Waals surface area contributed by atoms with Gasteiger partial charge in [-0.25, -0.2) is 4.79 Å². The van der Waals surface area contributed by atoms with E-state index in [0.717, 1.165) is 11.8 Å². The SMILES string of the molecule is O=C(NC1CC1)NC(C1CC1)C1CC1. The van der Waals surface area contributed by atoms with Crippen LogP contribution >= 0.6 is 0 Å². The number of carbonyl (C=O) groups excluding carboxylic acids is 1. The molecular weight excluding hydrogens is 176 g/mol. The second-order valence-electron chi connectivity index (χ2n) is 5.09. The van der Waals surface area contributed by atoms with E-state index in [-0.39, 0.29) is 6.03 Å². The molecule has 0 aromatic rings. The van der Waals surface area contributed by atoms with Gasteiger partial charge in [-0.3, -0.25) is 0 Å². The van der Waals surface area contributed by atoms with Crippen molar-refractivity contribution in [3.8, 4) is 0 Å². The van der Waals surface area contributed by atoms with Crippen LogP contribution in [0.1, 0.15) is 38.5 Å². The lowest BCUT2D eigenvalue weighted by molar-refractivity contribution is 0.233. The largest absolute Gasteiger partial charge is 0.335 e. The van der Waals surface area contributed by atoms with Gasteiger partial charge in [0.15, 0.2) is 0 Å². The molecule has 2 amide bonds. The van der Waals surface area contributed by atoms with Crippen molar-refractivity contribution in [3.63, 3.8) is 0 Å². The van der Waals surface area contributed by atoms with Crippen LogP contribution in [-0.4, -0.2) is 18.1 Å². The molecule has 3 heteroatoms. The lowest BCUT2D eigenvalue weighted by Crippen LogP contribution is -2.45. The molecule has 0 radical (unpaired) electrons. The number of nitrogens with one attached hydrogen (secondary N) is 2. The minimum absolute atomic E-state index is 0.0799. The zero-order valence-electron chi connectivity index (χ0n) is 8.46. The standard InChI is InChI=1S/C11H18N2O/c14-11(12-9-5-6-9)13-10(7-1-2-7)8-3-4-8/h7-10H,1-6H2,(H2,12,13,14). The van der Waals surface area contributed by atoms with E-state index >= 15 is 0 Å². The number of hydrogen-bond acceptors (Lipinski definition) is 1. The summed E-state index contributed by atoms with van der Waals surface area (Å²) < 4.78 is 0. The maximum atomic E-state index is 11.5. The maximum absolute atomic E-state index is 11.5. The summed E-state index contributed by atoms with van der Waals surface area (Å²) in [6, 6.07) is 1.05. The van der Waals surface area contributed by atoms with E-state index in [2.05, 4.69) is 10.6 Å². The van der Waals surface area contributed by atoms with Crippen LogP contribution in [0.5, 0.6) is 0 Å². The van der Waals surface area contributed by atoms with E-state index in [1.54, 1.807) is 0 Å². The summed E-state index contributed by atoms with van der Waals surface area (Å²) in [5, 5.41) is 6.16. The minimum Gasteiger partial charge on any atom is -0.335 e. The van der Waals surface area contributed by atoms with Gasteiger partial charge in [0.1, 0.15) is 0 Å². The Hall–Kier alpha value is -0.730. The first kappa shape index (κ1) is 8.57. The van der Waals surface area contributed by atoms with Crippen molar-refractivity contribution < 1.29 is 4.79 Å². The molecule has 3 nitrogen and oxygen atoms in total. The highest BCUT2D eigenvalue weighted by molar-refractivity contribution is 5.75. The number of amides is 2. The third kappa shape index (κ3) is 2.02. The summed E-state index contributed by atoms with van der Waals surface area (Å²) in [7, 11) is 0. The topological polar surface area (TPSA) is 41.1 Å². The van der Waals surface area contributed by atoms with Crippen LogP contribution in [0.25, 0.3) is 0 Å². The van der Waals surface area contributed by atoms with Crippen molar-refractivity contribution in [1.82, 2.24) is 10.6 Å². The zero-order chi connectivity index (χ0) is 9.54. The average Bonchev–Trinajstić information content (AvgIpc) is 2.95. The highest BCUT2D eigenvalue weighted by atomic mass is 16.2. The molecule has 0 unspecified atom stereocenters. The fourth-order valence-corrected chi connectivity index (χ4v) is 2.14. The second-order valence-corrected chi connectivity index (χ2v) is 5.09. The molecule has 78 valence electrons. The summed E-state index contributed by atoms with van der Waals surface area (Å²) >= 11 is 0. The Morgan fingerprint density at radius 3 is 2.00 bits per heavy atom. The van der Waals surface area contributed by atoms with Gasteiger partial charge in [0, 0.05) is 12.1 Å². The minimum atomic E-state index is 0.0799. The van der Waals surface area contributed by atoms with Crippen LogP contribution in [0.3, 0.4) is 0 Å². The van der Waals surface area contributed by atoms with Crippen LogP contribution in [0.4, 0.5) is 4.79 Å². The van der Waals surface area contributed by atoms with Gasteiger partial charge in [-0.2, -0.15) is 0 Å². The molecule has 0 bridgehead atoms. The van der Waals surface area contributed by atoms with Gasteiger partial charge >= 0.3 is 6.03 Å². The first-order chi connectivity index (χ1) is 6.83. The molecule has 0 atom stereocenters. The number of urea groups is 1. The maximum Gasteiger partial charge on any atom is 0.315 e. The van der Waals surface area contributed by atoms with Crippen molar-refractivity contribution >= 4 is 6.03 Å². The van der Waals surface area contributed by atoms with Crippen LogP contribution in [-0.2, 0) is 0 Å². The average molecular weight is 194 g/mol. The third-order valence-electron chi connectivity index (χ3n) is 3.47. The van der Waals surface area contributed by atoms with Crippen molar-refractivity contribution in [1.29, 1.82) is 0 Å². The fraction of sp³-hybridized carbons (Fsp3) is 0.909. The van der Waals surface area contributed by atoms with Crippen molar-refractivity contribution in [2.75, 3.05) is 0 Å². The Kier molecular flexibility index (Phi) is 1.92. The molecule has 3 saturated carbocycles. The Bertz CT molecular complexity index is 230. The summed E-state index contributed by atoms with van der Waals surface area (Å²) in [6.45, 7) is 0. The first-order valence-corrected chi connectivity index (χ1v) is 5.90. The number of hydrogen-bond donors (Lipinski definition) is 2. The molecule has 3 rings (SSSR count). The van der Waals surface area contributed by atoms with E-state index in [1.165, 1.54) is 38.5 Å². The molecule has 3 aliphatic rings. The van der Waals surface area contributed by atoms with Gasteiger partial charge in [-0.15, -0.1) is 0 Å². The van der Waals surface area contributed by atoms with E-state index < -0.39 is 0 Å². The van der Waals surface area contributed by atoms with E-state index in [1.807, 2.05) is 0 Å². The van der Waals surface area contributed by atoms with Crippen molar-refractivity contribution in [2.24, 2.45) is 11.8 Å². The van der Waals surface area contributed by atoms with Crippen LogP contribution < -0.4 is 10.6 Å². The number of carbonyl (C=O) groups is 1. The summed E-state index contributed by atoms with van der Waals surface area (Å²) in [5.74, 6) is 1.60. The second kappa shape index (κ2) is 3.14. The molecule has 2 N–H and O–H groups in total. The summed E-state index contributed by atoms with van der Waals surface area (Å²) in [4.78, 5) is 11.5. The van der Waals surface area contributed by atoms with Gasteiger partial charge in [0.2, 0.25) is 0 Å². The quantitative estimate of drug-likeness (QED) is 0.701. The van der Waals surface area contributed by atoms with Crippen LogP contribution in [0.15, 0.2) is 0 Å². The van der Waals surface area contributed by atoms with Gasteiger partial charge in [-0.05, 0) is 50.4 Å². The molecule has 0 aromatic heterocycles. The molecule has 14 heavy (non-hydrogen) atoms. The Balaban J connectivity index is 1.49. The van der Waals surface area contributed by atoms with Gasteiger partial charge < -0.3 is 10.6 Å². The summed E-state index contributed by atoms with van der Waals surface area (Å²) in [5.41, 5.74) is 0. The predicted octanol–water partition coefficient (Wildman–Crippen LogP) is 1.64. The monoisotopic (exact) mass is 194 g/mol. The van der Waals surface area contributed by atoms with Crippen LogP contribution in [0, 0.1) is 11.8 Å². The molecule has 3 fully saturated rings. The molecule has 0 aliphatic heterocycles. The predicted molar refractivity (Wildman–Crippen MR) is 53.9 cm³/mol. The normalized spacial score (nSPS) is 26.4. The van der Waals surface area contributed by atoms with Gasteiger partial charge in [-0.1, -0.05) is 0 Å².